The molecule has 0 radical (unpaired) electrons. The van der Waals surface area contributed by atoms with Crippen LogP contribution in [0, 0.1) is 6.92 Å². The van der Waals surface area contributed by atoms with Crippen LogP contribution in [-0.4, -0.2) is 45.3 Å². The van der Waals surface area contributed by atoms with Crippen molar-refractivity contribution in [3.05, 3.63) is 58.9 Å². The number of aryl methyl sites for hydroxylation is 1. The fourth-order valence-corrected chi connectivity index (χ4v) is 3.33. The van der Waals surface area contributed by atoms with Crippen molar-refractivity contribution in [2.75, 3.05) is 17.3 Å². The molecular formula is C21H18F3N5O3S. The number of carbonyl (C=O) groups excluding carboxylic acids is 1. The van der Waals surface area contributed by atoms with Crippen molar-refractivity contribution in [2.45, 2.75) is 13.1 Å². The predicted molar refractivity (Wildman–Crippen MR) is 119 cm³/mol. The number of urea groups is 1. The molecule has 0 unspecified atom stereocenters. The fraction of sp³-hybridized carbons (Fsp3) is 0.143. The quantitative estimate of drug-likeness (QED) is 0.371. The standard InChI is InChI=1S/C19H17N5OS.C2HF3O2/c1-12-5-3-4-6-17(12)24(2)19(25)21-13-7-8-14-15(9-13)23-18(22-14)16-10-26-11-20-16;3-2(4,5)1(6)7/h3-11H,1-2H3,(H,21,25)(H,22,23);(H,6,7). The van der Waals surface area contributed by atoms with Gasteiger partial charge in [0.15, 0.2) is 5.82 Å². The molecular weight excluding hydrogens is 459 g/mol. The SMILES string of the molecule is Cc1ccccc1N(C)C(=O)Nc1ccc2nc(-c3cscn3)[nH]c2c1.O=C(O)C(F)(F)F. The van der Waals surface area contributed by atoms with Gasteiger partial charge in [-0.15, -0.1) is 11.3 Å². The van der Waals surface area contributed by atoms with E-state index in [1.54, 1.807) is 17.5 Å². The van der Waals surface area contributed by atoms with Gasteiger partial charge >= 0.3 is 18.2 Å². The van der Waals surface area contributed by atoms with E-state index >= 15 is 0 Å². The van der Waals surface area contributed by atoms with E-state index in [1.807, 2.05) is 54.8 Å². The Bertz CT molecular complexity index is 1270. The number of rotatable bonds is 3. The minimum Gasteiger partial charge on any atom is -0.475 e. The zero-order valence-electron chi connectivity index (χ0n) is 17.3. The van der Waals surface area contributed by atoms with Crippen LogP contribution in [0.5, 0.6) is 0 Å². The number of nitrogens with one attached hydrogen (secondary N) is 2. The van der Waals surface area contributed by atoms with Crippen LogP contribution >= 0.6 is 11.3 Å². The number of hydrogen-bond donors (Lipinski definition) is 3. The third-order valence-electron chi connectivity index (χ3n) is 4.43. The highest BCUT2D eigenvalue weighted by atomic mass is 32.1. The van der Waals surface area contributed by atoms with Crippen molar-refractivity contribution in [3.63, 3.8) is 0 Å². The molecule has 0 spiro atoms. The topological polar surface area (TPSA) is 111 Å². The minimum atomic E-state index is -5.08. The lowest BCUT2D eigenvalue weighted by molar-refractivity contribution is -0.192. The molecule has 12 heteroatoms. The highest BCUT2D eigenvalue weighted by Gasteiger charge is 2.38. The van der Waals surface area contributed by atoms with Gasteiger partial charge in [-0.2, -0.15) is 13.2 Å². The van der Waals surface area contributed by atoms with Crippen molar-refractivity contribution in [2.24, 2.45) is 0 Å². The third-order valence-corrected chi connectivity index (χ3v) is 5.02. The number of fused-ring (bicyclic) bond motifs is 1. The van der Waals surface area contributed by atoms with E-state index in [-0.39, 0.29) is 6.03 Å². The number of carboxylic acid groups (broad SMARTS) is 1. The first-order chi connectivity index (χ1) is 15.6. The summed E-state index contributed by atoms with van der Waals surface area (Å²) >= 11 is 1.52. The summed E-state index contributed by atoms with van der Waals surface area (Å²) in [7, 11) is 1.76. The molecule has 0 aliphatic carbocycles. The van der Waals surface area contributed by atoms with Crippen molar-refractivity contribution >= 4 is 45.7 Å². The molecule has 33 heavy (non-hydrogen) atoms. The number of nitrogens with zero attached hydrogens (tertiary/aromatic N) is 3. The lowest BCUT2D eigenvalue weighted by Crippen LogP contribution is -2.31. The Balaban J connectivity index is 0.000000383. The van der Waals surface area contributed by atoms with Gasteiger partial charge in [-0.1, -0.05) is 18.2 Å². The van der Waals surface area contributed by atoms with Crippen LogP contribution in [-0.2, 0) is 4.79 Å². The number of imidazole rings is 1. The van der Waals surface area contributed by atoms with Gasteiger partial charge in [0.2, 0.25) is 0 Å². The third kappa shape index (κ3) is 5.86. The van der Waals surface area contributed by atoms with Gasteiger partial charge in [-0.3, -0.25) is 4.90 Å². The molecule has 2 aromatic heterocycles. The van der Waals surface area contributed by atoms with Crippen LogP contribution in [0.25, 0.3) is 22.6 Å². The molecule has 0 saturated heterocycles. The van der Waals surface area contributed by atoms with Crippen LogP contribution < -0.4 is 10.2 Å². The Morgan fingerprint density at radius 2 is 1.88 bits per heavy atom. The van der Waals surface area contributed by atoms with Gasteiger partial charge in [0.05, 0.1) is 16.5 Å². The summed E-state index contributed by atoms with van der Waals surface area (Å²) < 4.78 is 31.7. The monoisotopic (exact) mass is 477 g/mol. The smallest absolute Gasteiger partial charge is 0.475 e. The number of H-pyrrole nitrogens is 1. The average Bonchev–Trinajstić information content (AvgIpc) is 3.42. The predicted octanol–water partition coefficient (Wildman–Crippen LogP) is 5.30. The van der Waals surface area contributed by atoms with Crippen LogP contribution in [0.15, 0.2) is 53.4 Å². The molecule has 8 nitrogen and oxygen atoms in total. The molecule has 0 bridgehead atoms. The maximum absolute atomic E-state index is 12.6. The molecule has 0 aliphatic rings. The number of aromatic amines is 1. The Kier molecular flexibility index (Phi) is 6.97. The average molecular weight is 477 g/mol. The summed E-state index contributed by atoms with van der Waals surface area (Å²) in [6.45, 7) is 1.98. The number of anilines is 2. The van der Waals surface area contributed by atoms with E-state index in [0.29, 0.717) is 5.69 Å². The first-order valence-electron chi connectivity index (χ1n) is 9.35. The van der Waals surface area contributed by atoms with Gasteiger partial charge < -0.3 is 15.4 Å². The molecule has 4 aromatic rings. The summed E-state index contributed by atoms with van der Waals surface area (Å²) in [4.78, 5) is 35.1. The number of para-hydroxylation sites is 1. The summed E-state index contributed by atoms with van der Waals surface area (Å²) in [6, 6.07) is 13.2. The number of amides is 2. The minimum absolute atomic E-state index is 0.196. The van der Waals surface area contributed by atoms with Gasteiger partial charge in [0.25, 0.3) is 0 Å². The van der Waals surface area contributed by atoms with Gasteiger partial charge in [-0.05, 0) is 36.8 Å². The normalized spacial score (nSPS) is 10.9. The number of carbonyl (C=O) groups is 2. The van der Waals surface area contributed by atoms with Crippen molar-refractivity contribution < 1.29 is 27.9 Å². The number of hydrogen-bond acceptors (Lipinski definition) is 5. The highest BCUT2D eigenvalue weighted by molar-refractivity contribution is 7.07. The van der Waals surface area contributed by atoms with E-state index in [9.17, 15) is 18.0 Å². The molecule has 0 saturated carbocycles. The fourth-order valence-electron chi connectivity index (χ4n) is 2.79. The summed E-state index contributed by atoms with van der Waals surface area (Å²) in [5.74, 6) is -2.03. The second-order valence-corrected chi connectivity index (χ2v) is 7.49. The highest BCUT2D eigenvalue weighted by Crippen LogP contribution is 2.24. The van der Waals surface area contributed by atoms with Crippen LogP contribution in [0.4, 0.5) is 29.3 Å². The van der Waals surface area contributed by atoms with Gasteiger partial charge in [0.1, 0.15) is 5.69 Å². The summed E-state index contributed by atoms with van der Waals surface area (Å²) in [5, 5.41) is 12.0. The Labute approximate surface area is 189 Å². The number of halogens is 3. The number of benzene rings is 2. The van der Waals surface area contributed by atoms with Crippen molar-refractivity contribution in [1.29, 1.82) is 0 Å². The molecule has 172 valence electrons. The Morgan fingerprint density at radius 3 is 2.48 bits per heavy atom. The number of alkyl halides is 3. The molecule has 0 atom stereocenters. The zero-order chi connectivity index (χ0) is 24.2. The largest absolute Gasteiger partial charge is 0.490 e. The van der Waals surface area contributed by atoms with E-state index in [0.717, 1.165) is 33.8 Å². The second-order valence-electron chi connectivity index (χ2n) is 6.77. The lowest BCUT2D eigenvalue weighted by atomic mass is 10.2. The molecule has 0 fully saturated rings. The summed E-state index contributed by atoms with van der Waals surface area (Å²) in [5.41, 5.74) is 6.89. The van der Waals surface area contributed by atoms with Crippen LogP contribution in [0.2, 0.25) is 0 Å². The van der Waals surface area contributed by atoms with E-state index in [4.69, 9.17) is 9.90 Å². The molecule has 0 aliphatic heterocycles. The number of thiazole rings is 1. The maximum Gasteiger partial charge on any atom is 0.490 e. The second kappa shape index (κ2) is 9.69. The van der Waals surface area contributed by atoms with Gasteiger partial charge in [0, 0.05) is 23.8 Å². The molecule has 2 heterocycles. The maximum atomic E-state index is 12.6. The first-order valence-corrected chi connectivity index (χ1v) is 10.3. The number of aliphatic carboxylic acids is 1. The van der Waals surface area contributed by atoms with Crippen LogP contribution in [0.3, 0.4) is 0 Å². The Morgan fingerprint density at radius 1 is 1.18 bits per heavy atom. The zero-order valence-corrected chi connectivity index (χ0v) is 18.2. The van der Waals surface area contributed by atoms with Crippen LogP contribution in [0.1, 0.15) is 5.56 Å². The summed E-state index contributed by atoms with van der Waals surface area (Å²) in [6.07, 6.45) is -5.08. The molecule has 4 rings (SSSR count). The number of carboxylic acids is 1. The van der Waals surface area contributed by atoms with Crippen molar-refractivity contribution in [3.8, 4) is 11.5 Å². The van der Waals surface area contributed by atoms with E-state index in [2.05, 4.69) is 20.3 Å². The van der Waals surface area contributed by atoms with E-state index in [1.165, 1.54) is 11.3 Å². The van der Waals surface area contributed by atoms with Crippen molar-refractivity contribution in [1.82, 2.24) is 15.0 Å². The number of aromatic nitrogens is 3. The molecule has 3 N–H and O–H groups in total. The van der Waals surface area contributed by atoms with E-state index < -0.39 is 12.1 Å². The molecule has 2 aromatic carbocycles. The van der Waals surface area contributed by atoms with Gasteiger partial charge in [-0.25, -0.2) is 19.6 Å². The molecule has 2 amide bonds. The first kappa shape index (κ1) is 23.7. The lowest BCUT2D eigenvalue weighted by Gasteiger charge is -2.20. The Hall–Kier alpha value is -3.93.